The molecule has 2 unspecified atom stereocenters. The van der Waals surface area contributed by atoms with E-state index < -0.39 is 0 Å². The molecule has 2 rings (SSSR count). The lowest BCUT2D eigenvalue weighted by atomic mass is 10.1. The van der Waals surface area contributed by atoms with E-state index in [1.54, 1.807) is 7.11 Å². The van der Waals surface area contributed by atoms with Crippen molar-refractivity contribution in [3.63, 3.8) is 0 Å². The van der Waals surface area contributed by atoms with E-state index in [4.69, 9.17) is 4.74 Å². The molecule has 1 heterocycles. The maximum absolute atomic E-state index is 5.15. The standard InChI is InChI=1S/C12H17NOS/c1-9-7-15-8-12(13-9)10-3-5-11(14-2)6-4-10/h3-6,9,12-13H,7-8H2,1-2H3. The van der Waals surface area contributed by atoms with Gasteiger partial charge in [-0.2, -0.15) is 11.8 Å². The van der Waals surface area contributed by atoms with Crippen LogP contribution in [0.15, 0.2) is 24.3 Å². The topological polar surface area (TPSA) is 21.3 Å². The van der Waals surface area contributed by atoms with E-state index in [1.807, 2.05) is 23.9 Å². The van der Waals surface area contributed by atoms with E-state index in [9.17, 15) is 0 Å². The third-order valence-corrected chi connectivity index (χ3v) is 3.96. The summed E-state index contributed by atoms with van der Waals surface area (Å²) < 4.78 is 5.15. The van der Waals surface area contributed by atoms with Gasteiger partial charge in [-0.3, -0.25) is 0 Å². The van der Waals surface area contributed by atoms with Gasteiger partial charge in [-0.15, -0.1) is 0 Å². The van der Waals surface area contributed by atoms with Crippen molar-refractivity contribution in [1.82, 2.24) is 5.32 Å². The highest BCUT2D eigenvalue weighted by Crippen LogP contribution is 2.25. The van der Waals surface area contributed by atoms with Gasteiger partial charge in [0.05, 0.1) is 7.11 Å². The van der Waals surface area contributed by atoms with E-state index in [0.29, 0.717) is 12.1 Å². The van der Waals surface area contributed by atoms with Gasteiger partial charge in [-0.1, -0.05) is 12.1 Å². The second-order valence-electron chi connectivity index (χ2n) is 3.93. The summed E-state index contributed by atoms with van der Waals surface area (Å²) in [5, 5.41) is 3.61. The Balaban J connectivity index is 2.07. The van der Waals surface area contributed by atoms with E-state index in [1.165, 1.54) is 11.3 Å². The first-order valence-electron chi connectivity index (χ1n) is 5.27. The van der Waals surface area contributed by atoms with Crippen LogP contribution in [0.2, 0.25) is 0 Å². The SMILES string of the molecule is COc1ccc(C2CSCC(C)N2)cc1. The molecular weight excluding hydrogens is 206 g/mol. The molecule has 1 fully saturated rings. The number of ether oxygens (including phenoxy) is 1. The molecule has 3 heteroatoms. The second-order valence-corrected chi connectivity index (χ2v) is 5.01. The molecule has 82 valence electrons. The van der Waals surface area contributed by atoms with E-state index >= 15 is 0 Å². The number of rotatable bonds is 2. The van der Waals surface area contributed by atoms with Crippen molar-refractivity contribution in [1.29, 1.82) is 0 Å². The second kappa shape index (κ2) is 4.90. The lowest BCUT2D eigenvalue weighted by Crippen LogP contribution is -2.37. The van der Waals surface area contributed by atoms with E-state index in [-0.39, 0.29) is 0 Å². The fourth-order valence-electron chi connectivity index (χ4n) is 1.83. The molecule has 2 atom stereocenters. The quantitative estimate of drug-likeness (QED) is 0.832. The summed E-state index contributed by atoms with van der Waals surface area (Å²) in [6.07, 6.45) is 0. The average molecular weight is 223 g/mol. The average Bonchev–Trinajstić information content (AvgIpc) is 2.29. The zero-order valence-electron chi connectivity index (χ0n) is 9.19. The molecule has 0 saturated carbocycles. The Morgan fingerprint density at radius 1 is 1.27 bits per heavy atom. The van der Waals surface area contributed by atoms with Crippen molar-refractivity contribution in [3.05, 3.63) is 29.8 Å². The lowest BCUT2D eigenvalue weighted by Gasteiger charge is -2.28. The Kier molecular flexibility index (Phi) is 3.54. The van der Waals surface area contributed by atoms with Crippen molar-refractivity contribution >= 4 is 11.8 Å². The Hall–Kier alpha value is -0.670. The summed E-state index contributed by atoms with van der Waals surface area (Å²) in [5.41, 5.74) is 1.36. The smallest absolute Gasteiger partial charge is 0.118 e. The Bertz CT molecular complexity index is 312. The largest absolute Gasteiger partial charge is 0.497 e. The molecular formula is C12H17NOS. The van der Waals surface area contributed by atoms with Crippen LogP contribution in [0.1, 0.15) is 18.5 Å². The molecule has 2 nitrogen and oxygen atoms in total. The third-order valence-electron chi connectivity index (χ3n) is 2.66. The lowest BCUT2D eigenvalue weighted by molar-refractivity contribution is 0.414. The zero-order chi connectivity index (χ0) is 10.7. The molecule has 1 N–H and O–H groups in total. The molecule has 0 amide bonds. The molecule has 1 saturated heterocycles. The highest BCUT2D eigenvalue weighted by Gasteiger charge is 2.19. The highest BCUT2D eigenvalue weighted by atomic mass is 32.2. The van der Waals surface area contributed by atoms with Crippen LogP contribution >= 0.6 is 11.8 Å². The number of thioether (sulfide) groups is 1. The minimum atomic E-state index is 0.490. The molecule has 1 aromatic rings. The van der Waals surface area contributed by atoms with Crippen LogP contribution in [-0.2, 0) is 0 Å². The number of methoxy groups -OCH3 is 1. The highest BCUT2D eigenvalue weighted by molar-refractivity contribution is 7.99. The Labute approximate surface area is 95.4 Å². The van der Waals surface area contributed by atoms with Crippen LogP contribution in [0.5, 0.6) is 5.75 Å². The van der Waals surface area contributed by atoms with E-state index in [2.05, 4.69) is 24.4 Å². The third kappa shape index (κ3) is 2.67. The van der Waals surface area contributed by atoms with Gasteiger partial charge >= 0.3 is 0 Å². The molecule has 1 aliphatic rings. The van der Waals surface area contributed by atoms with Crippen LogP contribution in [-0.4, -0.2) is 24.7 Å². The van der Waals surface area contributed by atoms with Crippen molar-refractivity contribution in [3.8, 4) is 5.75 Å². The Morgan fingerprint density at radius 2 is 2.00 bits per heavy atom. The van der Waals surface area contributed by atoms with Crippen LogP contribution in [0, 0.1) is 0 Å². The fraction of sp³-hybridized carbons (Fsp3) is 0.500. The number of hydrogen-bond donors (Lipinski definition) is 1. The van der Waals surface area contributed by atoms with Gasteiger partial charge in [0, 0.05) is 23.6 Å². The first-order valence-corrected chi connectivity index (χ1v) is 6.43. The Morgan fingerprint density at radius 3 is 2.60 bits per heavy atom. The van der Waals surface area contributed by atoms with Crippen LogP contribution < -0.4 is 10.1 Å². The summed E-state index contributed by atoms with van der Waals surface area (Å²) in [6, 6.07) is 9.45. The number of benzene rings is 1. The van der Waals surface area contributed by atoms with Crippen LogP contribution in [0.4, 0.5) is 0 Å². The molecule has 0 spiro atoms. The maximum Gasteiger partial charge on any atom is 0.118 e. The summed E-state index contributed by atoms with van der Waals surface area (Å²) in [6.45, 7) is 2.24. The monoisotopic (exact) mass is 223 g/mol. The first-order chi connectivity index (χ1) is 7.29. The minimum Gasteiger partial charge on any atom is -0.497 e. The number of nitrogens with one attached hydrogen (secondary N) is 1. The van der Waals surface area contributed by atoms with Crippen molar-refractivity contribution in [2.24, 2.45) is 0 Å². The predicted octanol–water partition coefficient (Wildman–Crippen LogP) is 2.46. The maximum atomic E-state index is 5.15. The molecule has 0 aliphatic carbocycles. The van der Waals surface area contributed by atoms with Gasteiger partial charge in [-0.05, 0) is 24.6 Å². The molecule has 1 aromatic carbocycles. The first kappa shape index (κ1) is 10.8. The molecule has 0 aromatic heterocycles. The molecule has 0 bridgehead atoms. The van der Waals surface area contributed by atoms with Crippen LogP contribution in [0.3, 0.4) is 0 Å². The zero-order valence-corrected chi connectivity index (χ0v) is 10.0. The summed E-state index contributed by atoms with van der Waals surface area (Å²) >= 11 is 2.02. The molecule has 15 heavy (non-hydrogen) atoms. The summed E-state index contributed by atoms with van der Waals surface area (Å²) in [4.78, 5) is 0. The summed E-state index contributed by atoms with van der Waals surface area (Å²) in [7, 11) is 1.70. The minimum absolute atomic E-state index is 0.490. The predicted molar refractivity (Wildman–Crippen MR) is 65.7 cm³/mol. The van der Waals surface area contributed by atoms with Crippen molar-refractivity contribution in [2.75, 3.05) is 18.6 Å². The van der Waals surface area contributed by atoms with Crippen molar-refractivity contribution in [2.45, 2.75) is 19.0 Å². The van der Waals surface area contributed by atoms with Gasteiger partial charge in [0.15, 0.2) is 0 Å². The van der Waals surface area contributed by atoms with Crippen LogP contribution in [0.25, 0.3) is 0 Å². The van der Waals surface area contributed by atoms with Gasteiger partial charge in [-0.25, -0.2) is 0 Å². The van der Waals surface area contributed by atoms with Gasteiger partial charge in [0.25, 0.3) is 0 Å². The normalized spacial score (nSPS) is 26.3. The van der Waals surface area contributed by atoms with Gasteiger partial charge < -0.3 is 10.1 Å². The van der Waals surface area contributed by atoms with Crippen molar-refractivity contribution < 1.29 is 4.74 Å². The van der Waals surface area contributed by atoms with E-state index in [0.717, 1.165) is 11.5 Å². The molecule has 0 radical (unpaired) electrons. The number of hydrogen-bond acceptors (Lipinski definition) is 3. The van der Waals surface area contributed by atoms with Gasteiger partial charge in [0.1, 0.15) is 5.75 Å². The fourth-order valence-corrected chi connectivity index (χ4v) is 2.94. The molecule has 1 aliphatic heterocycles. The van der Waals surface area contributed by atoms with Gasteiger partial charge in [0.2, 0.25) is 0 Å². The summed E-state index contributed by atoms with van der Waals surface area (Å²) in [5.74, 6) is 3.30.